The van der Waals surface area contributed by atoms with Gasteiger partial charge in [-0.25, -0.2) is 0 Å². The van der Waals surface area contributed by atoms with Crippen molar-refractivity contribution < 1.29 is 0 Å². The van der Waals surface area contributed by atoms with Crippen LogP contribution in [0.4, 0.5) is 28.4 Å². The molecule has 67 heavy (non-hydrogen) atoms. The van der Waals surface area contributed by atoms with E-state index in [9.17, 15) is 5.41 Å². The topological polar surface area (TPSA) is 30.3 Å². The van der Waals surface area contributed by atoms with Gasteiger partial charge in [-0.3, -0.25) is 5.41 Å². The second-order valence-corrected chi connectivity index (χ2v) is 18.6. The second-order valence-electron chi connectivity index (χ2n) is 18.6. The average Bonchev–Trinajstić information content (AvgIpc) is 3.56. The molecule has 3 nitrogen and oxygen atoms in total. The molecule has 1 heterocycles. The van der Waals surface area contributed by atoms with E-state index in [0.29, 0.717) is 17.6 Å². The fourth-order valence-electron chi connectivity index (χ4n) is 11.1. The molecule has 1 aliphatic heterocycles. The lowest BCUT2D eigenvalue weighted by molar-refractivity contribution is 0.660. The van der Waals surface area contributed by atoms with E-state index >= 15 is 0 Å². The Balaban J connectivity index is 1.32. The first-order valence-electron chi connectivity index (χ1n) is 23.5. The van der Waals surface area contributed by atoms with Crippen LogP contribution >= 0.6 is 0 Å². The molecule has 7 aromatic carbocycles. The number of rotatable bonds is 7. The second kappa shape index (κ2) is 16.6. The van der Waals surface area contributed by atoms with Gasteiger partial charge in [0.2, 0.25) is 0 Å². The molecule has 0 amide bonds. The Morgan fingerprint density at radius 2 is 1.48 bits per heavy atom. The minimum atomic E-state index is -0.331. The lowest BCUT2D eigenvalue weighted by Gasteiger charge is -2.38. The van der Waals surface area contributed by atoms with Crippen LogP contribution in [0.15, 0.2) is 194 Å². The maximum Gasteiger partial charge on any atom is 0.117 e. The van der Waals surface area contributed by atoms with Crippen LogP contribution in [0, 0.1) is 12.3 Å². The van der Waals surface area contributed by atoms with Gasteiger partial charge in [0.25, 0.3) is 0 Å². The van der Waals surface area contributed by atoms with E-state index in [-0.39, 0.29) is 5.41 Å². The molecular formula is C63H52BN3. The fraction of sp³-hybridized carbons (Fsp3) is 0.127. The van der Waals surface area contributed by atoms with Crippen molar-refractivity contribution >= 4 is 59.1 Å². The van der Waals surface area contributed by atoms with E-state index in [2.05, 4.69) is 219 Å². The van der Waals surface area contributed by atoms with Crippen LogP contribution < -0.4 is 15.3 Å². The molecule has 1 N–H and O–H groups in total. The van der Waals surface area contributed by atoms with Crippen molar-refractivity contribution in [1.82, 2.24) is 0 Å². The third-order valence-electron chi connectivity index (χ3n) is 14.2. The smallest absolute Gasteiger partial charge is 0.117 e. The Morgan fingerprint density at radius 3 is 2.30 bits per heavy atom. The fourth-order valence-corrected chi connectivity index (χ4v) is 11.1. The van der Waals surface area contributed by atoms with Crippen LogP contribution in [0.2, 0.25) is 0 Å². The number of aryl methyl sites for hydroxylation is 1. The Bertz CT molecular complexity index is 3370. The first-order valence-corrected chi connectivity index (χ1v) is 23.5. The van der Waals surface area contributed by atoms with Crippen LogP contribution in [-0.2, 0) is 11.8 Å². The van der Waals surface area contributed by atoms with E-state index in [1.54, 1.807) is 0 Å². The number of fused-ring (bicyclic) bond motifs is 11. The molecule has 2 radical (unpaired) electrons. The Labute approximate surface area is 397 Å². The first-order chi connectivity index (χ1) is 32.7. The first kappa shape index (κ1) is 42.0. The average molecular weight is 862 g/mol. The molecule has 4 aliphatic rings. The Kier molecular flexibility index (Phi) is 10.4. The predicted octanol–water partition coefficient (Wildman–Crippen LogP) is 15.7. The minimum absolute atomic E-state index is 0.331. The maximum atomic E-state index is 10.3. The maximum absolute atomic E-state index is 10.3. The normalized spacial score (nSPS) is 16.0. The molecule has 11 rings (SSSR count). The molecule has 7 aromatic rings. The summed E-state index contributed by atoms with van der Waals surface area (Å²) in [6.45, 7) is 13.5. The van der Waals surface area contributed by atoms with Gasteiger partial charge >= 0.3 is 0 Å². The molecule has 0 atom stereocenters. The highest BCUT2D eigenvalue weighted by Gasteiger charge is 2.41. The quantitative estimate of drug-likeness (QED) is 0.128. The zero-order chi connectivity index (χ0) is 46.0. The summed E-state index contributed by atoms with van der Waals surface area (Å²) in [7, 11) is 7.97. The summed E-state index contributed by atoms with van der Waals surface area (Å²) in [6.07, 6.45) is 22.0. The summed E-state index contributed by atoms with van der Waals surface area (Å²) in [5.41, 5.74) is 23.1. The number of nitrogens with zero attached hydrogens (tertiary/aromatic N) is 2. The molecule has 0 unspecified atom stereocenters. The summed E-state index contributed by atoms with van der Waals surface area (Å²) >= 11 is 0. The molecule has 0 saturated carbocycles. The van der Waals surface area contributed by atoms with Crippen LogP contribution in [0.1, 0.15) is 78.1 Å². The lowest BCUT2D eigenvalue weighted by Crippen LogP contribution is -2.27. The van der Waals surface area contributed by atoms with Gasteiger partial charge in [-0.2, -0.15) is 0 Å². The van der Waals surface area contributed by atoms with Crippen molar-refractivity contribution in [3.8, 4) is 33.4 Å². The number of para-hydroxylation sites is 1. The van der Waals surface area contributed by atoms with E-state index in [4.69, 9.17) is 7.85 Å². The standard InChI is InChI=1S/C63H52BN3/c1-6-21-42-23-16-17-28-47(42)62(65)52-37-40(2)36-51-58(52)50-35-34-45(66(43-24-11-8-12-25-43)44-26-13-9-14-27-44)38-56(50)67(55-33-20-31-46-41(3)22-10-7-15-29-48(46)55)57-39-54-59(60(51)61(57)64)49-30-18-19-32-53(49)63(54,4)5/h6-13,15-26,28,30-39,65H,3,14,27,29H2,1-2,4-5H3/b15-7-,21-6-,22-10-,65-62?. The van der Waals surface area contributed by atoms with Crippen molar-refractivity contribution in [2.75, 3.05) is 9.80 Å². The highest BCUT2D eigenvalue weighted by molar-refractivity contribution is 6.42. The molecule has 0 aromatic heterocycles. The van der Waals surface area contributed by atoms with Crippen molar-refractivity contribution in [1.29, 1.82) is 5.41 Å². The van der Waals surface area contributed by atoms with Gasteiger partial charge in [-0.15, -0.1) is 0 Å². The largest absolute Gasteiger partial charge is 0.314 e. The van der Waals surface area contributed by atoms with Gasteiger partial charge in [-0.05, 0) is 143 Å². The summed E-state index contributed by atoms with van der Waals surface area (Å²) in [5, 5.41) is 10.3. The Morgan fingerprint density at radius 1 is 0.687 bits per heavy atom. The molecule has 2 bridgehead atoms. The van der Waals surface area contributed by atoms with Gasteiger partial charge in [0.1, 0.15) is 7.85 Å². The van der Waals surface area contributed by atoms with Gasteiger partial charge in [0.05, 0.1) is 17.1 Å². The molecule has 0 spiro atoms. The summed E-state index contributed by atoms with van der Waals surface area (Å²) in [4.78, 5) is 4.86. The number of hydrogen-bond donors (Lipinski definition) is 1. The summed E-state index contributed by atoms with van der Waals surface area (Å²) in [6, 6.07) is 48.3. The van der Waals surface area contributed by atoms with Crippen LogP contribution in [-0.4, -0.2) is 13.6 Å². The Hall–Kier alpha value is -7.69. The van der Waals surface area contributed by atoms with Gasteiger partial charge < -0.3 is 9.80 Å². The number of hydrogen-bond acceptors (Lipinski definition) is 3. The van der Waals surface area contributed by atoms with Crippen molar-refractivity contribution in [3.05, 3.63) is 239 Å². The predicted molar refractivity (Wildman–Crippen MR) is 286 cm³/mol. The highest BCUT2D eigenvalue weighted by Crippen LogP contribution is 2.58. The highest BCUT2D eigenvalue weighted by atomic mass is 15.2. The number of anilines is 5. The van der Waals surface area contributed by atoms with Gasteiger partial charge in [0.15, 0.2) is 0 Å². The van der Waals surface area contributed by atoms with E-state index < -0.39 is 0 Å². The van der Waals surface area contributed by atoms with Crippen molar-refractivity contribution in [2.24, 2.45) is 0 Å². The summed E-state index contributed by atoms with van der Waals surface area (Å²) in [5.74, 6) is 0. The molecule has 0 fully saturated rings. The third-order valence-corrected chi connectivity index (χ3v) is 14.2. The van der Waals surface area contributed by atoms with Crippen molar-refractivity contribution in [2.45, 2.75) is 52.4 Å². The number of benzene rings is 7. The van der Waals surface area contributed by atoms with Gasteiger partial charge in [0, 0.05) is 50.4 Å². The van der Waals surface area contributed by atoms with Crippen LogP contribution in [0.25, 0.3) is 45.0 Å². The number of allylic oxidation sites excluding steroid dienone is 10. The van der Waals surface area contributed by atoms with Crippen molar-refractivity contribution in [3.63, 3.8) is 0 Å². The van der Waals surface area contributed by atoms with Gasteiger partial charge in [-0.1, -0.05) is 165 Å². The monoisotopic (exact) mass is 861 g/mol. The molecule has 0 saturated heterocycles. The minimum Gasteiger partial charge on any atom is -0.314 e. The van der Waals surface area contributed by atoms with Crippen LogP contribution in [0.5, 0.6) is 0 Å². The lowest BCUT2D eigenvalue weighted by atomic mass is 9.73. The van der Waals surface area contributed by atoms with Crippen LogP contribution in [0.3, 0.4) is 0 Å². The summed E-state index contributed by atoms with van der Waals surface area (Å²) < 4.78 is 0. The zero-order valence-electron chi connectivity index (χ0n) is 38.7. The SMILES string of the molecule is [B]c1c2cc3c(c1-c1cc(C)cc(C(=N)c4ccccc4/C=C\C)c1-c1ccc(N(C4=CC=CCC4)c4ccccc4)cc1N2c1cccc2c1C/C=C\C=C/C2=C)-c1ccccc1C3(C)C. The van der Waals surface area contributed by atoms with E-state index in [1.165, 1.54) is 28.0 Å². The molecular weight excluding hydrogens is 810 g/mol. The zero-order valence-corrected chi connectivity index (χ0v) is 38.7. The molecule has 3 aliphatic carbocycles. The van der Waals surface area contributed by atoms with E-state index in [0.717, 1.165) is 102 Å². The number of nitrogens with one attached hydrogen (secondary N) is 1. The molecule has 4 heteroatoms. The van der Waals surface area contributed by atoms with E-state index in [1.807, 2.05) is 13.0 Å². The third kappa shape index (κ3) is 6.85. The molecule has 322 valence electrons.